The van der Waals surface area contributed by atoms with E-state index in [9.17, 15) is 9.59 Å². The van der Waals surface area contributed by atoms with Gasteiger partial charge in [0, 0.05) is 13.1 Å². The molecular formula is C14H14ClN3O3. The number of nitriles is 1. The van der Waals surface area contributed by atoms with Crippen molar-refractivity contribution in [2.75, 3.05) is 18.4 Å². The maximum Gasteiger partial charge on any atom is 0.321 e. The van der Waals surface area contributed by atoms with Crippen molar-refractivity contribution in [3.63, 3.8) is 0 Å². The minimum atomic E-state index is -0.885. The molecule has 0 unspecified atom stereocenters. The molecule has 1 heterocycles. The van der Waals surface area contributed by atoms with Crippen molar-refractivity contribution in [3.05, 3.63) is 28.8 Å². The molecule has 2 N–H and O–H groups in total. The molecule has 21 heavy (non-hydrogen) atoms. The molecule has 110 valence electrons. The number of benzene rings is 1. The van der Waals surface area contributed by atoms with Crippen LogP contribution in [0.25, 0.3) is 0 Å². The number of amides is 2. The second-order valence-electron chi connectivity index (χ2n) is 4.86. The number of rotatable bonds is 2. The van der Waals surface area contributed by atoms with Gasteiger partial charge >= 0.3 is 12.0 Å². The summed E-state index contributed by atoms with van der Waals surface area (Å²) < 4.78 is 0. The van der Waals surface area contributed by atoms with Crippen LogP contribution < -0.4 is 5.32 Å². The van der Waals surface area contributed by atoms with Crippen LogP contribution in [0.5, 0.6) is 0 Å². The Morgan fingerprint density at radius 2 is 2.24 bits per heavy atom. The van der Waals surface area contributed by atoms with E-state index in [0.717, 1.165) is 0 Å². The molecule has 1 aliphatic rings. The topological polar surface area (TPSA) is 93.4 Å². The summed E-state index contributed by atoms with van der Waals surface area (Å²) in [7, 11) is 0. The lowest BCUT2D eigenvalue weighted by Gasteiger charge is -2.30. The van der Waals surface area contributed by atoms with Gasteiger partial charge < -0.3 is 15.3 Å². The van der Waals surface area contributed by atoms with Crippen molar-refractivity contribution in [1.29, 1.82) is 5.26 Å². The number of carboxylic acids is 1. The number of nitrogens with zero attached hydrogens (tertiary/aromatic N) is 2. The normalized spacial score (nSPS) is 17.9. The summed E-state index contributed by atoms with van der Waals surface area (Å²) in [6.45, 7) is 0.707. The molecule has 6 nitrogen and oxygen atoms in total. The first-order chi connectivity index (χ1) is 10.0. The molecule has 0 aromatic heterocycles. The highest BCUT2D eigenvalue weighted by molar-refractivity contribution is 6.33. The van der Waals surface area contributed by atoms with Crippen LogP contribution in [0.15, 0.2) is 18.2 Å². The van der Waals surface area contributed by atoms with Crippen LogP contribution in [-0.4, -0.2) is 35.1 Å². The molecule has 1 atom stereocenters. The van der Waals surface area contributed by atoms with E-state index < -0.39 is 11.9 Å². The number of hydrogen-bond donors (Lipinski definition) is 2. The molecule has 7 heteroatoms. The second-order valence-corrected chi connectivity index (χ2v) is 5.27. The fourth-order valence-electron chi connectivity index (χ4n) is 2.24. The summed E-state index contributed by atoms with van der Waals surface area (Å²) in [4.78, 5) is 24.6. The summed E-state index contributed by atoms with van der Waals surface area (Å²) >= 11 is 5.99. The summed E-state index contributed by atoms with van der Waals surface area (Å²) in [6.07, 6.45) is 1.24. The van der Waals surface area contributed by atoms with E-state index in [4.69, 9.17) is 22.0 Å². The van der Waals surface area contributed by atoms with Crippen LogP contribution in [0, 0.1) is 17.2 Å². The molecule has 0 spiro atoms. The Kier molecular flexibility index (Phi) is 4.66. The monoisotopic (exact) mass is 307 g/mol. The average molecular weight is 308 g/mol. The van der Waals surface area contributed by atoms with E-state index in [1.54, 1.807) is 12.1 Å². The van der Waals surface area contributed by atoms with Gasteiger partial charge in [-0.3, -0.25) is 4.79 Å². The first kappa shape index (κ1) is 15.1. The molecule has 2 rings (SSSR count). The van der Waals surface area contributed by atoms with Crippen LogP contribution in [0.2, 0.25) is 5.02 Å². The number of halogens is 1. The fourth-order valence-corrected chi connectivity index (χ4v) is 2.47. The van der Waals surface area contributed by atoms with Crippen LogP contribution in [-0.2, 0) is 4.79 Å². The van der Waals surface area contributed by atoms with Crippen LogP contribution in [0.4, 0.5) is 10.5 Å². The zero-order valence-corrected chi connectivity index (χ0v) is 11.9. The molecule has 0 bridgehead atoms. The summed E-state index contributed by atoms with van der Waals surface area (Å²) in [5.74, 6) is -1.41. The lowest BCUT2D eigenvalue weighted by atomic mass is 9.99. The van der Waals surface area contributed by atoms with Gasteiger partial charge in [-0.15, -0.1) is 0 Å². The van der Waals surface area contributed by atoms with Crippen LogP contribution in [0.1, 0.15) is 18.4 Å². The van der Waals surface area contributed by atoms with Crippen molar-refractivity contribution in [3.8, 4) is 6.07 Å². The van der Waals surface area contributed by atoms with E-state index in [1.165, 1.54) is 11.0 Å². The zero-order chi connectivity index (χ0) is 15.4. The van der Waals surface area contributed by atoms with Gasteiger partial charge in [0.2, 0.25) is 0 Å². The molecule has 1 aliphatic heterocycles. The maximum absolute atomic E-state index is 12.1. The Morgan fingerprint density at radius 1 is 1.48 bits per heavy atom. The number of hydrogen-bond acceptors (Lipinski definition) is 3. The third kappa shape index (κ3) is 3.64. The summed E-state index contributed by atoms with van der Waals surface area (Å²) in [6, 6.07) is 6.15. The number of anilines is 1. The SMILES string of the molecule is N#Cc1ccc(NC(=O)N2CCC[C@H](C(=O)O)C2)c(Cl)c1. The van der Waals surface area contributed by atoms with Gasteiger partial charge in [0.25, 0.3) is 0 Å². The number of aliphatic carboxylic acids is 1. The quantitative estimate of drug-likeness (QED) is 0.878. The molecule has 2 amide bonds. The maximum atomic E-state index is 12.1. The van der Waals surface area contributed by atoms with Gasteiger partial charge in [-0.25, -0.2) is 4.79 Å². The van der Waals surface area contributed by atoms with Gasteiger partial charge in [-0.05, 0) is 31.0 Å². The third-order valence-electron chi connectivity index (χ3n) is 3.40. The number of carboxylic acid groups (broad SMARTS) is 1. The highest BCUT2D eigenvalue weighted by atomic mass is 35.5. The van der Waals surface area contributed by atoms with Gasteiger partial charge in [-0.2, -0.15) is 5.26 Å². The first-order valence-corrected chi connectivity index (χ1v) is 6.87. The average Bonchev–Trinajstić information content (AvgIpc) is 2.49. The van der Waals surface area contributed by atoms with Crippen LogP contribution in [0.3, 0.4) is 0 Å². The van der Waals surface area contributed by atoms with E-state index >= 15 is 0 Å². The summed E-state index contributed by atoms with van der Waals surface area (Å²) in [5.41, 5.74) is 0.806. The Bertz CT molecular complexity index is 612. The smallest absolute Gasteiger partial charge is 0.321 e. The zero-order valence-electron chi connectivity index (χ0n) is 11.2. The Hall–Kier alpha value is -2.26. The summed E-state index contributed by atoms with van der Waals surface area (Å²) in [5, 5.41) is 20.7. The fraction of sp³-hybridized carbons (Fsp3) is 0.357. The van der Waals surface area contributed by atoms with Gasteiger partial charge in [0.15, 0.2) is 0 Å². The minimum Gasteiger partial charge on any atom is -0.481 e. The van der Waals surface area contributed by atoms with Gasteiger partial charge in [0.05, 0.1) is 28.3 Å². The Labute approximate surface area is 126 Å². The highest BCUT2D eigenvalue weighted by Crippen LogP contribution is 2.24. The van der Waals surface area contributed by atoms with E-state index in [2.05, 4.69) is 5.32 Å². The molecule has 0 saturated carbocycles. The number of nitrogens with one attached hydrogen (secondary N) is 1. The number of piperidine rings is 1. The van der Waals surface area contributed by atoms with Crippen molar-refractivity contribution in [2.24, 2.45) is 5.92 Å². The first-order valence-electron chi connectivity index (χ1n) is 6.49. The number of carbonyl (C=O) groups is 2. The van der Waals surface area contributed by atoms with E-state index in [0.29, 0.717) is 30.6 Å². The molecule has 0 radical (unpaired) electrons. The molecule has 1 aromatic rings. The largest absolute Gasteiger partial charge is 0.481 e. The molecule has 0 aliphatic carbocycles. The van der Waals surface area contributed by atoms with E-state index in [-0.39, 0.29) is 17.6 Å². The molecule has 1 aromatic carbocycles. The number of carbonyl (C=O) groups excluding carboxylic acids is 1. The lowest BCUT2D eigenvalue weighted by molar-refractivity contribution is -0.143. The van der Waals surface area contributed by atoms with Crippen LogP contribution >= 0.6 is 11.6 Å². The predicted octanol–water partition coefficient (Wildman–Crippen LogP) is 2.54. The molecule has 1 fully saturated rings. The standard InChI is InChI=1S/C14H14ClN3O3/c15-11-6-9(7-16)3-4-12(11)17-14(21)18-5-1-2-10(8-18)13(19)20/h3-4,6,10H,1-2,5,8H2,(H,17,21)(H,19,20)/t10-/m0/s1. The van der Waals surface area contributed by atoms with E-state index in [1.807, 2.05) is 6.07 Å². The van der Waals surface area contributed by atoms with Crippen molar-refractivity contribution < 1.29 is 14.7 Å². The second kappa shape index (κ2) is 6.46. The Balaban J connectivity index is 2.04. The number of urea groups is 1. The van der Waals surface area contributed by atoms with Crippen molar-refractivity contribution in [2.45, 2.75) is 12.8 Å². The van der Waals surface area contributed by atoms with Gasteiger partial charge in [0.1, 0.15) is 0 Å². The predicted molar refractivity (Wildman–Crippen MR) is 77.1 cm³/mol. The molecule has 1 saturated heterocycles. The third-order valence-corrected chi connectivity index (χ3v) is 3.71. The van der Waals surface area contributed by atoms with Crippen molar-refractivity contribution >= 4 is 29.3 Å². The van der Waals surface area contributed by atoms with Crippen molar-refractivity contribution in [1.82, 2.24) is 4.90 Å². The highest BCUT2D eigenvalue weighted by Gasteiger charge is 2.28. The lowest BCUT2D eigenvalue weighted by Crippen LogP contribution is -2.44. The molecular weight excluding hydrogens is 294 g/mol. The Morgan fingerprint density at radius 3 is 2.86 bits per heavy atom. The number of likely N-dealkylation sites (tertiary alicyclic amines) is 1. The van der Waals surface area contributed by atoms with Gasteiger partial charge in [-0.1, -0.05) is 11.6 Å². The minimum absolute atomic E-state index is 0.190.